The number of halogens is 1. The Balaban J connectivity index is 1.37. The van der Waals surface area contributed by atoms with Gasteiger partial charge < -0.3 is 4.57 Å². The van der Waals surface area contributed by atoms with Crippen molar-refractivity contribution in [1.29, 1.82) is 0 Å². The van der Waals surface area contributed by atoms with E-state index < -0.39 is 10.0 Å². The lowest BCUT2D eigenvalue weighted by molar-refractivity contribution is 0.0890. The van der Waals surface area contributed by atoms with Crippen LogP contribution in [0.4, 0.5) is 0 Å². The number of rotatable bonds is 6. The molecule has 1 aliphatic rings. The van der Waals surface area contributed by atoms with Crippen LogP contribution in [-0.4, -0.2) is 50.3 Å². The first-order valence-electron chi connectivity index (χ1n) is 10.3. The molecule has 0 saturated carbocycles. The van der Waals surface area contributed by atoms with Gasteiger partial charge in [-0.05, 0) is 62.2 Å². The number of ketones is 1. The van der Waals surface area contributed by atoms with Gasteiger partial charge in [0.25, 0.3) is 0 Å². The molecule has 2 aromatic carbocycles. The number of benzene rings is 2. The maximum Gasteiger partial charge on any atom is 0.238 e. The summed E-state index contributed by atoms with van der Waals surface area (Å²) in [6.45, 7) is 2.91. The average molecular weight is 493 g/mol. The van der Waals surface area contributed by atoms with Crippen LogP contribution in [0.15, 0.2) is 52.4 Å². The molecule has 1 saturated heterocycles. The van der Waals surface area contributed by atoms with Crippen molar-refractivity contribution in [3.63, 3.8) is 0 Å². The Morgan fingerprint density at radius 3 is 2.50 bits per heavy atom. The lowest BCUT2D eigenvalue weighted by Gasteiger charge is -2.31. The highest BCUT2D eigenvalue weighted by atomic mass is 35.5. The molecule has 3 aromatic rings. The maximum absolute atomic E-state index is 12.6. The number of Topliss-reactive ketones (excluding diaryl/α,β-unsaturated/α-hetero) is 1. The van der Waals surface area contributed by atoms with Crippen molar-refractivity contribution in [3.8, 4) is 0 Å². The fourth-order valence-electron chi connectivity index (χ4n) is 4.10. The number of hydrogen-bond acceptors (Lipinski definition) is 6. The van der Waals surface area contributed by atoms with Crippen molar-refractivity contribution < 1.29 is 13.2 Å². The van der Waals surface area contributed by atoms with E-state index in [0.717, 1.165) is 52.5 Å². The summed E-state index contributed by atoms with van der Waals surface area (Å²) in [5, 5.41) is 5.84. The number of hydrogen-bond donors (Lipinski definition) is 1. The van der Waals surface area contributed by atoms with Gasteiger partial charge in [-0.3, -0.25) is 14.7 Å². The van der Waals surface area contributed by atoms with E-state index in [-0.39, 0.29) is 10.7 Å². The summed E-state index contributed by atoms with van der Waals surface area (Å²) >= 11 is 7.79. The summed E-state index contributed by atoms with van der Waals surface area (Å²) in [4.78, 5) is 20.2. The molecule has 0 amide bonds. The molecule has 4 rings (SSSR count). The molecular weight excluding hydrogens is 468 g/mol. The average Bonchev–Trinajstić information content (AvgIpc) is 3.11. The monoisotopic (exact) mass is 492 g/mol. The zero-order valence-corrected chi connectivity index (χ0v) is 20.1. The van der Waals surface area contributed by atoms with E-state index in [9.17, 15) is 13.2 Å². The molecule has 0 aliphatic carbocycles. The van der Waals surface area contributed by atoms with Crippen LogP contribution in [0, 0.1) is 5.92 Å². The number of fused-ring (bicyclic) bond motifs is 1. The number of primary sulfonamides is 1. The normalized spacial score (nSPS) is 16.7. The van der Waals surface area contributed by atoms with Crippen LogP contribution in [0.3, 0.4) is 0 Å². The first-order chi connectivity index (χ1) is 15.2. The number of likely N-dealkylation sites (tertiary alicyclic amines) is 1. The summed E-state index contributed by atoms with van der Waals surface area (Å²) in [6, 6.07) is 11.7. The number of sulfonamides is 1. The molecule has 0 unspecified atom stereocenters. The third-order valence-electron chi connectivity index (χ3n) is 5.86. The zero-order chi connectivity index (χ0) is 22.9. The second-order valence-corrected chi connectivity index (χ2v) is 11.0. The Morgan fingerprint density at radius 2 is 1.88 bits per heavy atom. The summed E-state index contributed by atoms with van der Waals surface area (Å²) in [5.41, 5.74) is 1.65. The second kappa shape index (κ2) is 9.44. The molecule has 0 radical (unpaired) electrons. The van der Waals surface area contributed by atoms with E-state index in [2.05, 4.69) is 20.5 Å². The van der Waals surface area contributed by atoms with Crippen LogP contribution < -0.4 is 9.94 Å². The van der Waals surface area contributed by atoms with E-state index in [1.54, 1.807) is 11.3 Å². The first-order valence-corrected chi connectivity index (χ1v) is 13.1. The van der Waals surface area contributed by atoms with Crippen LogP contribution in [0.1, 0.15) is 23.2 Å². The molecule has 0 atom stereocenters. The first kappa shape index (κ1) is 23.1. The molecule has 0 spiro atoms. The van der Waals surface area contributed by atoms with Crippen LogP contribution in [-0.2, 0) is 16.6 Å². The fourth-order valence-corrected chi connectivity index (χ4v) is 5.89. The van der Waals surface area contributed by atoms with Crippen LogP contribution >= 0.6 is 22.9 Å². The van der Waals surface area contributed by atoms with Gasteiger partial charge in [-0.15, -0.1) is 0 Å². The molecule has 1 aromatic heterocycles. The third-order valence-corrected chi connectivity index (χ3v) is 8.15. The van der Waals surface area contributed by atoms with E-state index in [1.165, 1.54) is 24.3 Å². The number of carbonyl (C=O) groups excluding carboxylic acids is 1. The highest BCUT2D eigenvalue weighted by Gasteiger charge is 2.23. The summed E-state index contributed by atoms with van der Waals surface area (Å²) < 4.78 is 26.2. The van der Waals surface area contributed by atoms with Gasteiger partial charge in [-0.1, -0.05) is 35.1 Å². The van der Waals surface area contributed by atoms with Gasteiger partial charge in [0.2, 0.25) is 10.0 Å². The molecule has 32 heavy (non-hydrogen) atoms. The van der Waals surface area contributed by atoms with Gasteiger partial charge in [0.15, 0.2) is 10.6 Å². The minimum atomic E-state index is -3.76. The minimum absolute atomic E-state index is 0.00812. The molecule has 1 fully saturated rings. The Kier molecular flexibility index (Phi) is 6.83. The van der Waals surface area contributed by atoms with Crippen molar-refractivity contribution in [2.45, 2.75) is 24.3 Å². The maximum atomic E-state index is 12.6. The van der Waals surface area contributed by atoms with E-state index >= 15 is 0 Å². The Morgan fingerprint density at radius 1 is 1.19 bits per heavy atom. The van der Waals surface area contributed by atoms with E-state index in [4.69, 9.17) is 16.7 Å². The molecule has 2 N–H and O–H groups in total. The van der Waals surface area contributed by atoms with Crippen molar-refractivity contribution in [3.05, 3.63) is 57.9 Å². The Labute approximate surface area is 196 Å². The van der Waals surface area contributed by atoms with Crippen LogP contribution in [0.25, 0.3) is 10.2 Å². The lowest BCUT2D eigenvalue weighted by atomic mass is 9.96. The largest absolute Gasteiger partial charge is 0.316 e. The Hall–Kier alpha value is -2.04. The second-order valence-electron chi connectivity index (χ2n) is 8.04. The fraction of sp³-hybridized carbons (Fsp3) is 0.364. The standard InChI is InChI=1S/C22H25ClN4O3S2/c1-25-22-27(19-7-4-17(23)12-21(19)31-22)13-15-8-10-26(11-9-15)14-20(28)16-2-5-18(6-3-16)32(24,29)30/h2-7,12,15H,8-11,13-14H2,1H3,(H2,24,29,30). The quantitative estimate of drug-likeness (QED) is 0.534. The Bertz CT molecular complexity index is 1310. The van der Waals surface area contributed by atoms with Gasteiger partial charge >= 0.3 is 0 Å². The third kappa shape index (κ3) is 5.13. The summed E-state index contributed by atoms with van der Waals surface area (Å²) in [5.74, 6) is 0.487. The molecule has 0 bridgehead atoms. The van der Waals surface area contributed by atoms with Crippen molar-refractivity contribution in [2.75, 3.05) is 26.7 Å². The molecule has 2 heterocycles. The van der Waals surface area contributed by atoms with Gasteiger partial charge in [0.1, 0.15) is 0 Å². The number of aromatic nitrogens is 1. The SMILES string of the molecule is CN=c1sc2cc(Cl)ccc2n1CC1CCN(CC(=O)c2ccc(S(N)(=O)=O)cc2)CC1. The lowest BCUT2D eigenvalue weighted by Crippen LogP contribution is -2.38. The van der Waals surface area contributed by atoms with Crippen molar-refractivity contribution >= 4 is 49.0 Å². The van der Waals surface area contributed by atoms with Crippen LogP contribution in [0.5, 0.6) is 0 Å². The summed E-state index contributed by atoms with van der Waals surface area (Å²) in [6.07, 6.45) is 2.00. The number of carbonyl (C=O) groups is 1. The molecular formula is C22H25ClN4O3S2. The van der Waals surface area contributed by atoms with Crippen molar-refractivity contribution in [2.24, 2.45) is 16.0 Å². The molecule has 1 aliphatic heterocycles. The zero-order valence-electron chi connectivity index (χ0n) is 17.7. The number of thiazole rings is 1. The van der Waals surface area contributed by atoms with Crippen molar-refractivity contribution in [1.82, 2.24) is 9.47 Å². The number of piperidine rings is 1. The summed E-state index contributed by atoms with van der Waals surface area (Å²) in [7, 11) is -1.95. The molecule has 170 valence electrons. The van der Waals surface area contributed by atoms with Crippen LogP contribution in [0.2, 0.25) is 5.02 Å². The topological polar surface area (TPSA) is 97.8 Å². The van der Waals surface area contributed by atoms with Gasteiger partial charge in [-0.25, -0.2) is 13.6 Å². The predicted octanol–water partition coefficient (Wildman–Crippen LogP) is 3.13. The van der Waals surface area contributed by atoms with Gasteiger partial charge in [-0.2, -0.15) is 0 Å². The smallest absolute Gasteiger partial charge is 0.238 e. The van der Waals surface area contributed by atoms with Gasteiger partial charge in [0.05, 0.1) is 21.7 Å². The van der Waals surface area contributed by atoms with Gasteiger partial charge in [0, 0.05) is 24.2 Å². The highest BCUT2D eigenvalue weighted by molar-refractivity contribution is 7.89. The predicted molar refractivity (Wildman–Crippen MR) is 128 cm³/mol. The minimum Gasteiger partial charge on any atom is -0.316 e. The van der Waals surface area contributed by atoms with E-state index in [0.29, 0.717) is 18.0 Å². The molecule has 10 heteroatoms. The highest BCUT2D eigenvalue weighted by Crippen LogP contribution is 2.25. The number of nitrogens with zero attached hydrogens (tertiary/aromatic N) is 3. The van der Waals surface area contributed by atoms with E-state index in [1.807, 2.05) is 19.2 Å². The number of nitrogens with two attached hydrogens (primary N) is 1. The molecule has 7 nitrogen and oxygen atoms in total.